The zero-order valence-corrected chi connectivity index (χ0v) is 32.5. The number of carbonyl (C=O) groups is 4. The summed E-state index contributed by atoms with van der Waals surface area (Å²) in [5.74, 6) is 1.02. The van der Waals surface area contributed by atoms with E-state index in [-0.39, 0.29) is 59.7 Å². The molecular weight excluding hydrogens is 710 g/mol. The average molecular weight is 766 g/mol. The van der Waals surface area contributed by atoms with Crippen molar-refractivity contribution in [2.45, 2.75) is 83.2 Å². The van der Waals surface area contributed by atoms with E-state index in [0.717, 1.165) is 30.4 Å². The van der Waals surface area contributed by atoms with Gasteiger partial charge in [0.05, 0.1) is 40.5 Å². The van der Waals surface area contributed by atoms with Gasteiger partial charge < -0.3 is 49.5 Å². The van der Waals surface area contributed by atoms with Crippen LogP contribution in [-0.2, 0) is 36.6 Å². The van der Waals surface area contributed by atoms with Gasteiger partial charge >= 0.3 is 24.1 Å². The highest BCUT2D eigenvalue weighted by atomic mass is 16.6. The van der Waals surface area contributed by atoms with E-state index in [4.69, 9.17) is 38.9 Å². The Morgan fingerprint density at radius 3 is 2.13 bits per heavy atom. The monoisotopic (exact) mass is 765 g/mol. The lowest BCUT2D eigenvalue weighted by Gasteiger charge is -2.65. The normalized spacial score (nSPS) is 28.1. The minimum Gasteiger partial charge on any atom is -0.493 e. The Labute approximate surface area is 322 Å². The number of methoxy groups -OCH3 is 3. The van der Waals surface area contributed by atoms with Gasteiger partial charge in [-0.2, -0.15) is 0 Å². The number of ether oxygens (including phenoxy) is 7. The number of cyclic esters (lactones) is 1. The molecule has 4 aliphatic carbocycles. The summed E-state index contributed by atoms with van der Waals surface area (Å²) >= 11 is 0. The van der Waals surface area contributed by atoms with E-state index in [1.807, 2.05) is 18.2 Å². The molecule has 14 nitrogen and oxygen atoms in total. The minimum atomic E-state index is -1.13. The molecule has 5 aliphatic rings. The highest BCUT2D eigenvalue weighted by molar-refractivity contribution is 5.77. The maximum atomic E-state index is 12.8. The third-order valence-electron chi connectivity index (χ3n) is 11.7. The Morgan fingerprint density at radius 1 is 0.836 bits per heavy atom. The largest absolute Gasteiger partial charge is 0.493 e. The molecule has 1 heterocycles. The van der Waals surface area contributed by atoms with Crippen LogP contribution in [0.4, 0.5) is 9.59 Å². The number of amides is 2. The SMILES string of the molecule is COc1ccc(C[C@H]2COC(=O)[C@@H]2Cc2ccc(OC(=O)NCCCOC(=O)[C@@H](N)COC(=O)NC34CC5CC(C)(CC(C)(C5)C3)C4)c(OC)c2)cc1OC. The summed E-state index contributed by atoms with van der Waals surface area (Å²) in [5.41, 5.74) is 7.99. The number of rotatable bonds is 16. The summed E-state index contributed by atoms with van der Waals surface area (Å²) in [4.78, 5) is 50.5. The van der Waals surface area contributed by atoms with Crippen LogP contribution in [0, 0.1) is 28.6 Å². The van der Waals surface area contributed by atoms with Crippen molar-refractivity contribution in [1.29, 1.82) is 0 Å². The molecule has 0 spiro atoms. The Kier molecular flexibility index (Phi) is 12.0. The highest BCUT2D eigenvalue weighted by Gasteiger charge is 2.60. The molecule has 5 fully saturated rings. The molecule has 0 radical (unpaired) electrons. The molecule has 4 N–H and O–H groups in total. The fraction of sp³-hybridized carbons (Fsp3) is 0.610. The smallest absolute Gasteiger partial charge is 0.412 e. The van der Waals surface area contributed by atoms with Gasteiger partial charge in [0, 0.05) is 18.0 Å². The predicted octanol–water partition coefficient (Wildman–Crippen LogP) is 5.11. The van der Waals surface area contributed by atoms with Crippen molar-refractivity contribution in [1.82, 2.24) is 10.6 Å². The number of hydrogen-bond acceptors (Lipinski definition) is 12. The Hall–Kier alpha value is -4.72. The first-order chi connectivity index (χ1) is 26.2. The van der Waals surface area contributed by atoms with Gasteiger partial charge in [-0.1, -0.05) is 26.0 Å². The molecule has 55 heavy (non-hydrogen) atoms. The van der Waals surface area contributed by atoms with Crippen molar-refractivity contribution in [2.24, 2.45) is 34.3 Å². The number of esters is 2. The first-order valence-electron chi connectivity index (χ1n) is 19.1. The van der Waals surface area contributed by atoms with Crippen LogP contribution in [0.15, 0.2) is 36.4 Å². The van der Waals surface area contributed by atoms with Crippen LogP contribution in [-0.4, -0.2) is 83.4 Å². The summed E-state index contributed by atoms with van der Waals surface area (Å²) in [7, 11) is 4.63. The van der Waals surface area contributed by atoms with Crippen LogP contribution >= 0.6 is 0 Å². The second-order valence-corrected chi connectivity index (χ2v) is 16.7. The summed E-state index contributed by atoms with van der Waals surface area (Å²) in [6.07, 6.45) is 6.54. The van der Waals surface area contributed by atoms with E-state index in [1.54, 1.807) is 32.4 Å². The zero-order valence-electron chi connectivity index (χ0n) is 32.5. The summed E-state index contributed by atoms with van der Waals surface area (Å²) in [5, 5.41) is 5.77. The fourth-order valence-corrected chi connectivity index (χ4v) is 10.3. The fourth-order valence-electron chi connectivity index (χ4n) is 10.3. The summed E-state index contributed by atoms with van der Waals surface area (Å²) in [6.45, 7) is 4.83. The first kappa shape index (κ1) is 40.0. The Balaban J connectivity index is 0.893. The number of nitrogens with two attached hydrogens (primary N) is 1. The quantitative estimate of drug-likeness (QED) is 0.117. The van der Waals surface area contributed by atoms with E-state index < -0.39 is 24.2 Å². The number of benzene rings is 2. The number of alkyl carbamates (subject to hydrolysis) is 1. The second kappa shape index (κ2) is 16.6. The number of nitrogens with one attached hydrogen (secondary N) is 2. The van der Waals surface area contributed by atoms with Gasteiger partial charge in [0.25, 0.3) is 0 Å². The first-order valence-corrected chi connectivity index (χ1v) is 19.1. The third-order valence-corrected chi connectivity index (χ3v) is 11.7. The van der Waals surface area contributed by atoms with Crippen molar-refractivity contribution in [3.63, 3.8) is 0 Å². The Bertz CT molecular complexity index is 1730. The maximum Gasteiger partial charge on any atom is 0.412 e. The van der Waals surface area contributed by atoms with E-state index in [2.05, 4.69) is 24.5 Å². The molecular formula is C41H55N3O11. The van der Waals surface area contributed by atoms with Gasteiger partial charge in [0.15, 0.2) is 23.0 Å². The van der Waals surface area contributed by atoms with Crippen LogP contribution in [0.25, 0.3) is 0 Å². The molecule has 4 bridgehead atoms. The molecule has 4 saturated carbocycles. The molecule has 1 aliphatic heterocycles. The molecule has 2 amide bonds. The maximum absolute atomic E-state index is 12.8. The van der Waals surface area contributed by atoms with Gasteiger partial charge in [-0.25, -0.2) is 9.59 Å². The molecule has 7 rings (SSSR count). The molecule has 0 aromatic heterocycles. The lowest BCUT2D eigenvalue weighted by Crippen LogP contribution is -2.65. The second-order valence-electron chi connectivity index (χ2n) is 16.7. The predicted molar refractivity (Wildman–Crippen MR) is 200 cm³/mol. The number of hydrogen-bond donors (Lipinski definition) is 3. The van der Waals surface area contributed by atoms with E-state index >= 15 is 0 Å². The molecule has 5 atom stereocenters. The van der Waals surface area contributed by atoms with Gasteiger partial charge in [0.1, 0.15) is 12.6 Å². The zero-order chi connectivity index (χ0) is 39.4. The molecule has 2 unspecified atom stereocenters. The topological polar surface area (TPSA) is 183 Å². The van der Waals surface area contributed by atoms with E-state index in [1.165, 1.54) is 26.4 Å². The minimum absolute atomic E-state index is 0.00467. The van der Waals surface area contributed by atoms with Gasteiger partial charge in [0.2, 0.25) is 0 Å². The van der Waals surface area contributed by atoms with Crippen molar-refractivity contribution in [2.75, 3.05) is 47.7 Å². The van der Waals surface area contributed by atoms with Crippen molar-refractivity contribution in [3.8, 4) is 23.0 Å². The van der Waals surface area contributed by atoms with E-state index in [9.17, 15) is 19.2 Å². The van der Waals surface area contributed by atoms with Crippen molar-refractivity contribution in [3.05, 3.63) is 47.5 Å². The van der Waals surface area contributed by atoms with E-state index in [0.29, 0.717) is 49.0 Å². The van der Waals surface area contributed by atoms with Crippen LogP contribution < -0.4 is 35.3 Å². The average Bonchev–Trinajstić information content (AvgIpc) is 3.46. The van der Waals surface area contributed by atoms with Crippen molar-refractivity contribution < 1.29 is 52.3 Å². The van der Waals surface area contributed by atoms with Crippen LogP contribution in [0.1, 0.15) is 69.9 Å². The molecule has 14 heteroatoms. The third kappa shape index (κ3) is 9.57. The summed E-state index contributed by atoms with van der Waals surface area (Å²) in [6, 6.07) is 9.70. The molecule has 2 aromatic carbocycles. The lowest BCUT2D eigenvalue weighted by molar-refractivity contribution is -0.146. The molecule has 2 aromatic rings. The van der Waals surface area contributed by atoms with Crippen LogP contribution in [0.3, 0.4) is 0 Å². The lowest BCUT2D eigenvalue weighted by atomic mass is 9.43. The molecule has 300 valence electrons. The molecule has 1 saturated heterocycles. The van der Waals surface area contributed by atoms with Crippen LogP contribution in [0.2, 0.25) is 0 Å². The summed E-state index contributed by atoms with van der Waals surface area (Å²) < 4.78 is 37.8. The van der Waals surface area contributed by atoms with Gasteiger partial charge in [-0.15, -0.1) is 0 Å². The van der Waals surface area contributed by atoms with Crippen LogP contribution in [0.5, 0.6) is 23.0 Å². The van der Waals surface area contributed by atoms with Gasteiger partial charge in [-0.3, -0.25) is 9.59 Å². The number of carbonyl (C=O) groups excluding carboxylic acids is 4. The Morgan fingerprint density at radius 2 is 1.47 bits per heavy atom. The standard InChI is InChI=1S/C41H55N3O11/c1-39-17-27-18-40(2,22-39)24-41(19-27,23-39)44-38(48)54-21-30(42)36(46)52-12-6-11-43-37(47)55-32-10-8-26(16-34(32)51-5)14-29-28(20-53-35(29)45)13-25-7-9-31(49-3)33(15-25)50-4/h7-10,15-16,27-30H,6,11-14,17-24,42H2,1-5H3,(H,43,47)(H,44,48)/t27?,28-,29+,30-,39?,40?,41?/m0/s1. The highest BCUT2D eigenvalue weighted by Crippen LogP contribution is 2.66. The van der Waals surface area contributed by atoms with Gasteiger partial charge in [-0.05, 0) is 110 Å². The van der Waals surface area contributed by atoms with Crippen molar-refractivity contribution >= 4 is 24.1 Å².